The molecule has 0 unspecified atom stereocenters. The van der Waals surface area contributed by atoms with Crippen molar-refractivity contribution in [3.8, 4) is 0 Å². The first kappa shape index (κ1) is 18.9. The molecule has 26 heavy (non-hydrogen) atoms. The molecule has 1 spiro atoms. The van der Waals surface area contributed by atoms with Gasteiger partial charge in [0.15, 0.2) is 0 Å². The van der Waals surface area contributed by atoms with Crippen molar-refractivity contribution in [1.82, 2.24) is 9.80 Å². The number of piperidine rings is 1. The molecule has 0 radical (unpaired) electrons. The molecule has 0 atom stereocenters. The van der Waals surface area contributed by atoms with E-state index in [0.29, 0.717) is 32.7 Å². The number of ether oxygens (including phenoxy) is 1. The number of nitrogens with zero attached hydrogens (tertiary/aromatic N) is 2. The molecule has 5 heteroatoms. The Morgan fingerprint density at radius 3 is 2.27 bits per heavy atom. The monoisotopic (exact) mass is 358 g/mol. The Balaban J connectivity index is 1.64. The quantitative estimate of drug-likeness (QED) is 0.776. The highest BCUT2D eigenvalue weighted by molar-refractivity contribution is 5.94. The molecule has 3 rings (SSSR count). The summed E-state index contributed by atoms with van der Waals surface area (Å²) in [7, 11) is 1.82. The normalized spacial score (nSPS) is 21.0. The summed E-state index contributed by atoms with van der Waals surface area (Å²) in [6.07, 6.45) is 1.86. The van der Waals surface area contributed by atoms with Crippen molar-refractivity contribution in [2.45, 2.75) is 51.0 Å². The van der Waals surface area contributed by atoms with E-state index in [1.165, 1.54) is 5.56 Å². The lowest BCUT2D eigenvalue weighted by molar-refractivity contribution is -0.134. The summed E-state index contributed by atoms with van der Waals surface area (Å²) >= 11 is 0. The van der Waals surface area contributed by atoms with E-state index >= 15 is 0 Å². The van der Waals surface area contributed by atoms with Gasteiger partial charge in [0.1, 0.15) is 0 Å². The molecule has 2 aliphatic heterocycles. The predicted octanol–water partition coefficient (Wildman–Crippen LogP) is 2.84. The molecular weight excluding hydrogens is 328 g/mol. The Bertz CT molecular complexity index is 667. The summed E-state index contributed by atoms with van der Waals surface area (Å²) in [5, 5.41) is 0. The molecule has 0 aliphatic carbocycles. The van der Waals surface area contributed by atoms with Gasteiger partial charge in [-0.3, -0.25) is 9.59 Å². The van der Waals surface area contributed by atoms with E-state index in [-0.39, 0.29) is 17.2 Å². The van der Waals surface area contributed by atoms with Crippen LogP contribution in [0.25, 0.3) is 0 Å². The number of rotatable bonds is 1. The van der Waals surface area contributed by atoms with Crippen LogP contribution in [-0.2, 0) is 14.9 Å². The number of benzene rings is 1. The average Bonchev–Trinajstić information content (AvgIpc) is 2.73. The Morgan fingerprint density at radius 2 is 1.69 bits per heavy atom. The Labute approximate surface area is 156 Å². The SMILES string of the molecule is CN1CCOC2(CCN(C(=O)c3ccc(C(C)(C)C)cc3)CC2)CC1=O. The van der Waals surface area contributed by atoms with Crippen molar-refractivity contribution in [2.24, 2.45) is 0 Å². The smallest absolute Gasteiger partial charge is 0.253 e. The zero-order valence-corrected chi connectivity index (χ0v) is 16.4. The molecule has 2 heterocycles. The fourth-order valence-corrected chi connectivity index (χ4v) is 3.72. The van der Waals surface area contributed by atoms with Crippen LogP contribution in [-0.4, -0.2) is 60.5 Å². The number of hydrogen-bond donors (Lipinski definition) is 0. The van der Waals surface area contributed by atoms with Gasteiger partial charge in [-0.2, -0.15) is 0 Å². The van der Waals surface area contributed by atoms with E-state index in [9.17, 15) is 9.59 Å². The molecule has 0 N–H and O–H groups in total. The molecule has 2 saturated heterocycles. The molecule has 1 aromatic carbocycles. The Kier molecular flexibility index (Phi) is 5.11. The van der Waals surface area contributed by atoms with Crippen molar-refractivity contribution in [3.63, 3.8) is 0 Å². The van der Waals surface area contributed by atoms with Gasteiger partial charge in [0.05, 0.1) is 18.6 Å². The third-order valence-corrected chi connectivity index (χ3v) is 5.69. The van der Waals surface area contributed by atoms with E-state index in [0.717, 1.165) is 18.4 Å². The second-order valence-corrected chi connectivity index (χ2v) is 8.64. The van der Waals surface area contributed by atoms with Crippen LogP contribution in [0.2, 0.25) is 0 Å². The van der Waals surface area contributed by atoms with Crippen LogP contribution in [0, 0.1) is 0 Å². The lowest BCUT2D eigenvalue weighted by Crippen LogP contribution is -2.49. The van der Waals surface area contributed by atoms with Crippen LogP contribution in [0.3, 0.4) is 0 Å². The first-order valence-electron chi connectivity index (χ1n) is 9.48. The second-order valence-electron chi connectivity index (χ2n) is 8.64. The molecule has 0 bridgehead atoms. The summed E-state index contributed by atoms with van der Waals surface area (Å²) < 4.78 is 6.06. The van der Waals surface area contributed by atoms with Gasteiger partial charge in [-0.1, -0.05) is 32.9 Å². The standard InChI is InChI=1S/C21H30N2O3/c1-20(2,3)17-7-5-16(6-8-17)19(25)23-11-9-21(10-12-23)15-18(24)22(4)13-14-26-21/h5-8H,9-15H2,1-4H3. The first-order chi connectivity index (χ1) is 12.2. The topological polar surface area (TPSA) is 49.9 Å². The van der Waals surface area contributed by atoms with E-state index in [4.69, 9.17) is 4.74 Å². The number of amides is 2. The molecule has 2 amide bonds. The minimum Gasteiger partial charge on any atom is -0.372 e. The van der Waals surface area contributed by atoms with Gasteiger partial charge in [0.2, 0.25) is 5.91 Å². The molecule has 142 valence electrons. The van der Waals surface area contributed by atoms with Crippen LogP contribution >= 0.6 is 0 Å². The fourth-order valence-electron chi connectivity index (χ4n) is 3.72. The second kappa shape index (κ2) is 7.03. The van der Waals surface area contributed by atoms with E-state index in [2.05, 4.69) is 20.8 Å². The number of likely N-dealkylation sites (tertiary alicyclic amines) is 1. The van der Waals surface area contributed by atoms with E-state index in [1.807, 2.05) is 36.2 Å². The molecule has 1 aromatic rings. The van der Waals surface area contributed by atoms with Gasteiger partial charge in [-0.25, -0.2) is 0 Å². The molecule has 0 aromatic heterocycles. The van der Waals surface area contributed by atoms with Crippen LogP contribution in [0.4, 0.5) is 0 Å². The lowest BCUT2D eigenvalue weighted by Gasteiger charge is -2.40. The minimum atomic E-state index is -0.394. The van der Waals surface area contributed by atoms with Gasteiger partial charge < -0.3 is 14.5 Å². The van der Waals surface area contributed by atoms with Crippen LogP contribution in [0.5, 0.6) is 0 Å². The molecule has 2 fully saturated rings. The molecule has 5 nitrogen and oxygen atoms in total. The number of likely N-dealkylation sites (N-methyl/N-ethyl adjacent to an activating group) is 1. The van der Waals surface area contributed by atoms with Gasteiger partial charge in [0.25, 0.3) is 5.91 Å². The lowest BCUT2D eigenvalue weighted by atomic mass is 9.86. The summed E-state index contributed by atoms with van der Waals surface area (Å²) in [5.41, 5.74) is 1.64. The van der Waals surface area contributed by atoms with Crippen LogP contribution in [0.15, 0.2) is 24.3 Å². The third-order valence-electron chi connectivity index (χ3n) is 5.69. The number of carbonyl (C=O) groups excluding carboxylic acids is 2. The van der Waals surface area contributed by atoms with E-state index < -0.39 is 5.60 Å². The van der Waals surface area contributed by atoms with Gasteiger partial charge in [-0.15, -0.1) is 0 Å². The summed E-state index contributed by atoms with van der Waals surface area (Å²) in [6, 6.07) is 7.94. The van der Waals surface area contributed by atoms with Crippen LogP contribution < -0.4 is 0 Å². The fraction of sp³-hybridized carbons (Fsp3) is 0.619. The van der Waals surface area contributed by atoms with Crippen molar-refractivity contribution < 1.29 is 14.3 Å². The van der Waals surface area contributed by atoms with Crippen molar-refractivity contribution in [1.29, 1.82) is 0 Å². The molecule has 2 aliphatic rings. The van der Waals surface area contributed by atoms with Gasteiger partial charge in [0, 0.05) is 32.2 Å². The maximum Gasteiger partial charge on any atom is 0.253 e. The highest BCUT2D eigenvalue weighted by Gasteiger charge is 2.41. The minimum absolute atomic E-state index is 0.0670. The largest absolute Gasteiger partial charge is 0.372 e. The summed E-state index contributed by atoms with van der Waals surface area (Å²) in [5.74, 6) is 0.206. The Morgan fingerprint density at radius 1 is 1.08 bits per heavy atom. The van der Waals surface area contributed by atoms with Gasteiger partial charge in [-0.05, 0) is 36.0 Å². The summed E-state index contributed by atoms with van der Waals surface area (Å²) in [4.78, 5) is 28.7. The maximum absolute atomic E-state index is 12.8. The van der Waals surface area contributed by atoms with Crippen molar-refractivity contribution >= 4 is 11.8 Å². The third kappa shape index (κ3) is 3.93. The zero-order chi connectivity index (χ0) is 18.9. The predicted molar refractivity (Wildman–Crippen MR) is 101 cm³/mol. The first-order valence-corrected chi connectivity index (χ1v) is 9.48. The Hall–Kier alpha value is -1.88. The maximum atomic E-state index is 12.8. The van der Waals surface area contributed by atoms with Crippen molar-refractivity contribution in [3.05, 3.63) is 35.4 Å². The van der Waals surface area contributed by atoms with E-state index in [1.54, 1.807) is 4.90 Å². The summed E-state index contributed by atoms with van der Waals surface area (Å²) in [6.45, 7) is 8.99. The van der Waals surface area contributed by atoms with Crippen molar-refractivity contribution in [2.75, 3.05) is 33.3 Å². The highest BCUT2D eigenvalue weighted by atomic mass is 16.5. The number of carbonyl (C=O) groups is 2. The molecular formula is C21H30N2O3. The zero-order valence-electron chi connectivity index (χ0n) is 16.4. The van der Waals surface area contributed by atoms with Crippen LogP contribution in [0.1, 0.15) is 56.0 Å². The molecule has 0 saturated carbocycles. The van der Waals surface area contributed by atoms with Gasteiger partial charge >= 0.3 is 0 Å². The number of hydrogen-bond acceptors (Lipinski definition) is 3. The average molecular weight is 358 g/mol. The highest BCUT2D eigenvalue weighted by Crippen LogP contribution is 2.32.